The average molecular weight is 1470 g/mol. The maximum atomic E-state index is 13.4. The summed E-state index contributed by atoms with van der Waals surface area (Å²) < 4.78 is 50.5. The molecule has 0 bridgehead atoms. The van der Waals surface area contributed by atoms with E-state index in [4.69, 9.17) is 4.74 Å². The number of hydrogen-bond donors (Lipinski definition) is 0. The molecule has 1 saturated carbocycles. The molecule has 3 aromatic carbocycles. The molecular weight excluding hydrogens is 1380 g/mol. The van der Waals surface area contributed by atoms with Crippen LogP contribution < -0.4 is 0 Å². The van der Waals surface area contributed by atoms with Crippen LogP contribution in [-0.2, 0) is 25.5 Å². The summed E-state index contributed by atoms with van der Waals surface area (Å²) in [6, 6.07) is 27.9. The normalized spacial score (nSPS) is 17.0. The van der Waals surface area contributed by atoms with Crippen LogP contribution in [0.3, 0.4) is 0 Å². The van der Waals surface area contributed by atoms with Gasteiger partial charge in [0.1, 0.15) is 34.5 Å². The van der Waals surface area contributed by atoms with Gasteiger partial charge < -0.3 is 34.1 Å². The van der Waals surface area contributed by atoms with Crippen molar-refractivity contribution in [1.82, 2.24) is 78.2 Å². The second-order valence-corrected chi connectivity index (χ2v) is 29.5. The van der Waals surface area contributed by atoms with Gasteiger partial charge in [-0.25, -0.2) is 41.7 Å². The van der Waals surface area contributed by atoms with Gasteiger partial charge >= 0.3 is 0 Å². The Balaban J connectivity index is 0.000000151. The van der Waals surface area contributed by atoms with Crippen LogP contribution in [0.4, 0.5) is 13.2 Å². The fraction of sp³-hybridized carbons (Fsp3) is 0.427. The molecule has 23 nitrogen and oxygen atoms in total. The predicted molar refractivity (Wildman–Crippen MR) is 404 cm³/mol. The first-order valence-corrected chi connectivity index (χ1v) is 37.6. The van der Waals surface area contributed by atoms with Crippen LogP contribution in [-0.4, -0.2) is 204 Å². The lowest BCUT2D eigenvalue weighted by atomic mass is 9.82. The molecule has 0 N–H and O–H groups in total. The standard InChI is InChI=1S/C28H29FN6O2.C28H34FN5O2.C26H32FN5O3/c1-18(2)23-14-24(21-6-8-22(29)9-7-21)32-35-17-25(31-27(23)35)28(37)33-11-12-34(19(3)16-33)26(36)13-20-5-4-10-30-15-20;1-18(2)23-15-24(21-8-10-22(29)11-9-21)31-34-17-25(30-27(23)34)28(36)32-13-14-33(19(3)16-32)26(35)12-7-20-5-4-6-20;1-5-35-13-10-24(33)31-12-11-30(15-18(31)4)26(34)23-16-32-25(28-23)21(17(2)3)14-22(29-32)19-6-8-20(27)9-7-19/h4-10,14-15,17-19H,11-13,16H2,1-3H3;8-11,15,17-20H,4-7,12-14,16H2,1-3H3;6-9,14,16-18H,5,10-13,15H2,1-4H3/t2*19-;18-/m000/s1. The molecule has 7 aromatic heterocycles. The highest BCUT2D eigenvalue weighted by Crippen LogP contribution is 2.33. The monoisotopic (exact) mass is 1470 g/mol. The van der Waals surface area contributed by atoms with Gasteiger partial charge in [-0.2, -0.15) is 15.3 Å². The molecule has 14 rings (SSSR count). The number of ether oxygens (including phenoxy) is 1. The Hall–Kier alpha value is -10.8. The summed E-state index contributed by atoms with van der Waals surface area (Å²) >= 11 is 0. The maximum absolute atomic E-state index is 13.4. The topological polar surface area (TPSA) is 235 Å². The first kappa shape index (κ1) is 76.9. The van der Waals surface area contributed by atoms with Crippen molar-refractivity contribution >= 4 is 52.4 Å². The second-order valence-electron chi connectivity index (χ2n) is 29.5. The van der Waals surface area contributed by atoms with Crippen LogP contribution in [0.25, 0.3) is 50.7 Å². The van der Waals surface area contributed by atoms with E-state index in [1.807, 2.05) is 72.7 Å². The number of benzene rings is 3. The van der Waals surface area contributed by atoms with E-state index >= 15 is 0 Å². The molecule has 6 amide bonds. The minimum absolute atomic E-state index is 0.0250. The summed E-state index contributed by atoms with van der Waals surface area (Å²) in [6.45, 7) is 25.4. The highest BCUT2D eigenvalue weighted by Gasteiger charge is 2.36. The van der Waals surface area contributed by atoms with Crippen molar-refractivity contribution in [3.05, 3.63) is 191 Å². The van der Waals surface area contributed by atoms with Crippen molar-refractivity contribution in [2.75, 3.05) is 72.1 Å². The summed E-state index contributed by atoms with van der Waals surface area (Å²) in [5.74, 6) is 0.0256. The molecule has 4 aliphatic rings. The SMILES string of the molecule is CC(C)c1cc(-c2ccc(F)cc2)nn2cc(C(=O)N3CCN(C(=O)CCC4CCC4)[C@@H](C)C3)nc12.CC(C)c1cc(-c2ccc(F)cc2)nn2cc(C(=O)N3CCN(C(=O)Cc4cccnc4)[C@@H](C)C3)nc12.CCOCCC(=O)N1CCN(C(=O)c2cn3nc(-c4ccc(F)cc4)cc(C(C)C)c3n2)C[C@@H]1C. The molecule has 0 spiro atoms. The number of aromatic nitrogens is 10. The maximum Gasteiger partial charge on any atom is 0.274 e. The number of nitrogens with zero attached hydrogens (tertiary/aromatic N) is 16. The van der Waals surface area contributed by atoms with Gasteiger partial charge in [-0.1, -0.05) is 66.9 Å². The van der Waals surface area contributed by atoms with Crippen molar-refractivity contribution in [3.63, 3.8) is 0 Å². The molecule has 3 saturated heterocycles. The van der Waals surface area contributed by atoms with Crippen LogP contribution >= 0.6 is 0 Å². The molecule has 0 unspecified atom stereocenters. The number of pyridine rings is 1. The summed E-state index contributed by atoms with van der Waals surface area (Å²) in [5, 5.41) is 14.0. The van der Waals surface area contributed by atoms with Gasteiger partial charge in [0.25, 0.3) is 17.7 Å². The van der Waals surface area contributed by atoms with E-state index in [0.29, 0.717) is 142 Å². The van der Waals surface area contributed by atoms with Crippen molar-refractivity contribution in [3.8, 4) is 33.8 Å². The first-order chi connectivity index (χ1) is 51.9. The average Bonchev–Trinajstić information content (AvgIpc) is 1.64. The fourth-order valence-electron chi connectivity index (χ4n) is 14.4. The van der Waals surface area contributed by atoms with Gasteiger partial charge in [0.2, 0.25) is 17.7 Å². The summed E-state index contributed by atoms with van der Waals surface area (Å²) in [5.41, 5.74) is 11.1. The third-order valence-corrected chi connectivity index (χ3v) is 20.7. The number of piperazine rings is 3. The lowest BCUT2D eigenvalue weighted by Crippen LogP contribution is -2.55. The largest absolute Gasteiger partial charge is 0.381 e. The lowest BCUT2D eigenvalue weighted by molar-refractivity contribution is -0.136. The molecule has 4 fully saturated rings. The van der Waals surface area contributed by atoms with Crippen LogP contribution in [0.15, 0.2) is 134 Å². The van der Waals surface area contributed by atoms with Gasteiger partial charge in [-0.15, -0.1) is 0 Å². The van der Waals surface area contributed by atoms with Crippen molar-refractivity contribution in [2.45, 2.75) is 150 Å². The Morgan fingerprint density at radius 3 is 1.16 bits per heavy atom. The van der Waals surface area contributed by atoms with Crippen LogP contribution in [0.5, 0.6) is 0 Å². The van der Waals surface area contributed by atoms with Gasteiger partial charge in [-0.05, 0) is 160 Å². The molecular formula is C82H95F3N16O7. The van der Waals surface area contributed by atoms with E-state index in [2.05, 4.69) is 76.8 Å². The van der Waals surface area contributed by atoms with Crippen molar-refractivity contribution < 1.29 is 46.7 Å². The number of amides is 6. The molecule has 0 radical (unpaired) electrons. The second kappa shape index (κ2) is 34.0. The number of fused-ring (bicyclic) bond motifs is 3. The van der Waals surface area contributed by atoms with Gasteiger partial charge in [0, 0.05) is 136 Å². The van der Waals surface area contributed by atoms with E-state index in [-0.39, 0.29) is 88.8 Å². The summed E-state index contributed by atoms with van der Waals surface area (Å²) in [4.78, 5) is 107. The Morgan fingerprint density at radius 1 is 0.481 bits per heavy atom. The molecule has 3 aliphatic heterocycles. The minimum atomic E-state index is -0.308. The smallest absolute Gasteiger partial charge is 0.274 e. The number of halogens is 3. The third-order valence-electron chi connectivity index (χ3n) is 20.7. The van der Waals surface area contributed by atoms with Gasteiger partial charge in [0.15, 0.2) is 16.9 Å². The number of carbonyl (C=O) groups is 6. The predicted octanol–water partition coefficient (Wildman–Crippen LogP) is 12.6. The minimum Gasteiger partial charge on any atom is -0.381 e. The quantitative estimate of drug-likeness (QED) is 0.0727. The Labute approximate surface area is 627 Å². The van der Waals surface area contributed by atoms with Crippen LogP contribution in [0.2, 0.25) is 0 Å². The van der Waals surface area contributed by atoms with Crippen molar-refractivity contribution in [1.29, 1.82) is 0 Å². The summed E-state index contributed by atoms with van der Waals surface area (Å²) in [7, 11) is 0. The zero-order valence-electron chi connectivity index (χ0n) is 63.1. The van der Waals surface area contributed by atoms with E-state index in [1.54, 1.807) is 95.6 Å². The van der Waals surface area contributed by atoms with Gasteiger partial charge in [0.05, 0.1) is 55.1 Å². The molecule has 10 aromatic rings. The fourth-order valence-corrected chi connectivity index (χ4v) is 14.4. The molecule has 108 heavy (non-hydrogen) atoms. The van der Waals surface area contributed by atoms with E-state index < -0.39 is 0 Å². The number of hydrogen-bond acceptors (Lipinski definition) is 14. The van der Waals surface area contributed by atoms with E-state index in [1.165, 1.54) is 55.7 Å². The molecule has 10 heterocycles. The van der Waals surface area contributed by atoms with E-state index in [9.17, 15) is 41.9 Å². The highest BCUT2D eigenvalue weighted by molar-refractivity contribution is 5.95. The Morgan fingerprint density at radius 2 is 0.843 bits per heavy atom. The van der Waals surface area contributed by atoms with Gasteiger partial charge in [-0.3, -0.25) is 33.8 Å². The Kier molecular flexibility index (Phi) is 24.2. The lowest BCUT2D eigenvalue weighted by Gasteiger charge is -2.40. The highest BCUT2D eigenvalue weighted by atomic mass is 19.1. The summed E-state index contributed by atoms with van der Waals surface area (Å²) in [6.07, 6.45) is 14.4. The third kappa shape index (κ3) is 17.8. The van der Waals surface area contributed by atoms with E-state index in [0.717, 1.165) is 51.3 Å². The molecule has 26 heteroatoms. The van der Waals surface area contributed by atoms with Crippen molar-refractivity contribution in [2.24, 2.45) is 5.92 Å². The molecule has 566 valence electrons. The molecule has 3 atom stereocenters. The number of carbonyl (C=O) groups excluding carboxylic acids is 6. The Bertz CT molecular complexity index is 4870. The number of rotatable bonds is 18. The first-order valence-electron chi connectivity index (χ1n) is 37.6. The number of imidazole rings is 3. The zero-order chi connectivity index (χ0) is 76.6. The zero-order valence-corrected chi connectivity index (χ0v) is 63.1. The van der Waals surface area contributed by atoms with Crippen LogP contribution in [0.1, 0.15) is 179 Å². The molecule has 1 aliphatic carbocycles. The van der Waals surface area contributed by atoms with Crippen LogP contribution in [0, 0.1) is 23.4 Å².